The van der Waals surface area contributed by atoms with Crippen molar-refractivity contribution in [2.45, 2.75) is 19.9 Å². The van der Waals surface area contributed by atoms with Crippen LogP contribution in [0.5, 0.6) is 0 Å². The molecule has 144 valence electrons. The minimum Gasteiger partial charge on any atom is -0.459 e. The first kappa shape index (κ1) is 19.0. The number of morpholine rings is 1. The Kier molecular flexibility index (Phi) is 6.13. The molecule has 1 unspecified atom stereocenters. The molecule has 1 aliphatic heterocycles. The van der Waals surface area contributed by atoms with Crippen molar-refractivity contribution in [1.29, 1.82) is 0 Å². The molecule has 2 aromatic rings. The maximum Gasteiger partial charge on any atom is 0.287 e. The van der Waals surface area contributed by atoms with Crippen LogP contribution in [0.1, 0.15) is 24.4 Å². The second-order valence-corrected chi connectivity index (χ2v) is 6.81. The van der Waals surface area contributed by atoms with Gasteiger partial charge in [-0.1, -0.05) is 13.8 Å². The highest BCUT2D eigenvalue weighted by molar-refractivity contribution is 6.00. The molecule has 0 radical (unpaired) electrons. The summed E-state index contributed by atoms with van der Waals surface area (Å²) in [6.45, 7) is 6.94. The first-order valence-corrected chi connectivity index (χ1v) is 9.12. The maximum absolute atomic E-state index is 12.7. The number of nitrogens with zero attached hydrogens (tertiary/aromatic N) is 1. The van der Waals surface area contributed by atoms with Gasteiger partial charge in [-0.05, 0) is 42.3 Å². The first-order valence-electron chi connectivity index (χ1n) is 9.12. The molecule has 7 nitrogen and oxygen atoms in total. The van der Waals surface area contributed by atoms with Gasteiger partial charge in [0.1, 0.15) is 6.04 Å². The zero-order valence-corrected chi connectivity index (χ0v) is 15.6. The fourth-order valence-electron chi connectivity index (χ4n) is 2.95. The first-order chi connectivity index (χ1) is 13.0. The second kappa shape index (κ2) is 8.73. The van der Waals surface area contributed by atoms with E-state index in [9.17, 15) is 9.59 Å². The van der Waals surface area contributed by atoms with Crippen molar-refractivity contribution in [2.24, 2.45) is 5.92 Å². The molecule has 1 atom stereocenters. The summed E-state index contributed by atoms with van der Waals surface area (Å²) in [5, 5.41) is 5.61. The lowest BCUT2D eigenvalue weighted by atomic mass is 10.0. The molecule has 2 heterocycles. The van der Waals surface area contributed by atoms with E-state index in [4.69, 9.17) is 9.15 Å². The Morgan fingerprint density at radius 1 is 1.07 bits per heavy atom. The average Bonchev–Trinajstić information content (AvgIpc) is 3.22. The van der Waals surface area contributed by atoms with Gasteiger partial charge in [0.15, 0.2) is 5.76 Å². The van der Waals surface area contributed by atoms with E-state index in [0.717, 1.165) is 32.0 Å². The number of amides is 2. The van der Waals surface area contributed by atoms with Crippen molar-refractivity contribution < 1.29 is 18.7 Å². The Labute approximate surface area is 158 Å². The lowest BCUT2D eigenvalue weighted by molar-refractivity contribution is -0.118. The molecule has 0 bridgehead atoms. The summed E-state index contributed by atoms with van der Waals surface area (Å²) in [4.78, 5) is 27.1. The zero-order chi connectivity index (χ0) is 19.2. The van der Waals surface area contributed by atoms with Crippen LogP contribution >= 0.6 is 0 Å². The number of furan rings is 1. The van der Waals surface area contributed by atoms with Gasteiger partial charge in [0.05, 0.1) is 19.5 Å². The molecular formula is C20H25N3O4. The van der Waals surface area contributed by atoms with Gasteiger partial charge < -0.3 is 24.7 Å². The fourth-order valence-corrected chi connectivity index (χ4v) is 2.95. The Hall–Kier alpha value is -2.80. The van der Waals surface area contributed by atoms with E-state index >= 15 is 0 Å². The SMILES string of the molecule is CC(C)C(NC(=O)c1ccco1)C(=O)Nc1ccc(N2CCOCC2)cc1. The summed E-state index contributed by atoms with van der Waals surface area (Å²) >= 11 is 0. The third kappa shape index (κ3) is 4.89. The van der Waals surface area contributed by atoms with Crippen LogP contribution in [0.15, 0.2) is 47.1 Å². The smallest absolute Gasteiger partial charge is 0.287 e. The third-order valence-corrected chi connectivity index (χ3v) is 4.49. The van der Waals surface area contributed by atoms with Crippen molar-refractivity contribution in [3.05, 3.63) is 48.4 Å². The van der Waals surface area contributed by atoms with Gasteiger partial charge >= 0.3 is 0 Å². The van der Waals surface area contributed by atoms with Crippen LogP contribution in [0, 0.1) is 5.92 Å². The molecule has 1 aliphatic rings. The highest BCUT2D eigenvalue weighted by Crippen LogP contribution is 2.19. The minimum absolute atomic E-state index is 0.0727. The average molecular weight is 371 g/mol. The molecular weight excluding hydrogens is 346 g/mol. The fraction of sp³-hybridized carbons (Fsp3) is 0.400. The van der Waals surface area contributed by atoms with Crippen molar-refractivity contribution >= 4 is 23.2 Å². The molecule has 1 aromatic carbocycles. The molecule has 0 spiro atoms. The predicted octanol–water partition coefficient (Wildman–Crippen LogP) is 2.51. The van der Waals surface area contributed by atoms with Crippen LogP contribution in [0.2, 0.25) is 0 Å². The number of hydrogen-bond donors (Lipinski definition) is 2. The van der Waals surface area contributed by atoms with E-state index in [1.807, 2.05) is 38.1 Å². The quantitative estimate of drug-likeness (QED) is 0.815. The lowest BCUT2D eigenvalue weighted by Gasteiger charge is -2.29. The maximum atomic E-state index is 12.7. The largest absolute Gasteiger partial charge is 0.459 e. The van der Waals surface area contributed by atoms with Crippen LogP contribution < -0.4 is 15.5 Å². The molecule has 1 saturated heterocycles. The summed E-state index contributed by atoms with van der Waals surface area (Å²) < 4.78 is 10.5. The second-order valence-electron chi connectivity index (χ2n) is 6.81. The van der Waals surface area contributed by atoms with Crippen LogP contribution in [-0.4, -0.2) is 44.2 Å². The van der Waals surface area contributed by atoms with Gasteiger partial charge in [0.25, 0.3) is 5.91 Å². The van der Waals surface area contributed by atoms with E-state index in [1.54, 1.807) is 12.1 Å². The summed E-state index contributed by atoms with van der Waals surface area (Å²) in [7, 11) is 0. The van der Waals surface area contributed by atoms with Crippen LogP contribution in [-0.2, 0) is 9.53 Å². The highest BCUT2D eigenvalue weighted by Gasteiger charge is 2.25. The standard InChI is InChI=1S/C20H25N3O4/c1-14(2)18(22-19(24)17-4-3-11-27-17)20(25)21-15-5-7-16(8-6-15)23-9-12-26-13-10-23/h3-8,11,14,18H,9-10,12-13H2,1-2H3,(H,21,25)(H,22,24). The molecule has 1 fully saturated rings. The van der Waals surface area contributed by atoms with Crippen LogP contribution in [0.3, 0.4) is 0 Å². The van der Waals surface area contributed by atoms with E-state index in [0.29, 0.717) is 5.69 Å². The van der Waals surface area contributed by atoms with E-state index in [-0.39, 0.29) is 17.6 Å². The molecule has 27 heavy (non-hydrogen) atoms. The van der Waals surface area contributed by atoms with Gasteiger partial charge in [-0.15, -0.1) is 0 Å². The lowest BCUT2D eigenvalue weighted by Crippen LogP contribution is -2.47. The third-order valence-electron chi connectivity index (χ3n) is 4.49. The van der Waals surface area contributed by atoms with Crippen molar-refractivity contribution in [1.82, 2.24) is 5.32 Å². The molecule has 0 saturated carbocycles. The molecule has 2 N–H and O–H groups in total. The van der Waals surface area contributed by atoms with Crippen molar-refractivity contribution in [3.8, 4) is 0 Å². The summed E-state index contributed by atoms with van der Waals surface area (Å²) in [5.74, 6) is -0.555. The Morgan fingerprint density at radius 2 is 1.78 bits per heavy atom. The number of carbonyl (C=O) groups excluding carboxylic acids is 2. The van der Waals surface area contributed by atoms with Gasteiger partial charge in [-0.25, -0.2) is 0 Å². The van der Waals surface area contributed by atoms with Crippen molar-refractivity contribution in [3.63, 3.8) is 0 Å². The number of hydrogen-bond acceptors (Lipinski definition) is 5. The summed E-state index contributed by atoms with van der Waals surface area (Å²) in [6, 6.07) is 10.2. The number of ether oxygens (including phenoxy) is 1. The summed E-state index contributed by atoms with van der Waals surface area (Å²) in [5.41, 5.74) is 1.79. The monoisotopic (exact) mass is 371 g/mol. The molecule has 7 heteroatoms. The normalized spacial score (nSPS) is 15.4. The number of rotatable bonds is 6. The number of anilines is 2. The van der Waals surface area contributed by atoms with Crippen LogP contribution in [0.4, 0.5) is 11.4 Å². The molecule has 0 aliphatic carbocycles. The highest BCUT2D eigenvalue weighted by atomic mass is 16.5. The van der Waals surface area contributed by atoms with E-state index in [1.165, 1.54) is 6.26 Å². The Balaban J connectivity index is 1.62. The van der Waals surface area contributed by atoms with E-state index < -0.39 is 11.9 Å². The zero-order valence-electron chi connectivity index (χ0n) is 15.6. The number of nitrogens with one attached hydrogen (secondary N) is 2. The van der Waals surface area contributed by atoms with E-state index in [2.05, 4.69) is 15.5 Å². The molecule has 1 aromatic heterocycles. The topological polar surface area (TPSA) is 83.8 Å². The Bertz CT molecular complexity index is 750. The number of benzene rings is 1. The van der Waals surface area contributed by atoms with Gasteiger partial charge in [-0.2, -0.15) is 0 Å². The van der Waals surface area contributed by atoms with Gasteiger partial charge in [0.2, 0.25) is 5.91 Å². The minimum atomic E-state index is -0.665. The van der Waals surface area contributed by atoms with Gasteiger partial charge in [0, 0.05) is 24.5 Å². The number of carbonyl (C=O) groups is 2. The predicted molar refractivity (Wildman–Crippen MR) is 103 cm³/mol. The molecule has 3 rings (SSSR count). The Morgan fingerprint density at radius 3 is 2.37 bits per heavy atom. The van der Waals surface area contributed by atoms with Crippen LogP contribution in [0.25, 0.3) is 0 Å². The van der Waals surface area contributed by atoms with Gasteiger partial charge in [-0.3, -0.25) is 9.59 Å². The summed E-state index contributed by atoms with van der Waals surface area (Å²) in [6.07, 6.45) is 1.43. The molecule has 2 amide bonds. The van der Waals surface area contributed by atoms with Crippen molar-refractivity contribution in [2.75, 3.05) is 36.5 Å².